The maximum Gasteiger partial charge on any atom is 0.172 e. The first-order chi connectivity index (χ1) is 15.1. The smallest absolute Gasteiger partial charge is 0.172 e. The van der Waals surface area contributed by atoms with Gasteiger partial charge in [-0.2, -0.15) is 0 Å². The molecule has 0 unspecified atom stereocenters. The zero-order valence-corrected chi connectivity index (χ0v) is 16.7. The molecule has 1 aromatic heterocycles. The average Bonchev–Trinajstić information content (AvgIpc) is 2.80. The van der Waals surface area contributed by atoms with Crippen LogP contribution in [0.4, 0.5) is 4.39 Å². The third-order valence-corrected chi connectivity index (χ3v) is 4.54. The van der Waals surface area contributed by atoms with Crippen LogP contribution in [0.1, 0.15) is 5.56 Å². The number of phenols is 1. The number of nitrogens with zero attached hydrogens (tertiary/aromatic N) is 2. The molecule has 7 heteroatoms. The normalized spacial score (nSPS) is 10.5. The summed E-state index contributed by atoms with van der Waals surface area (Å²) in [7, 11) is 1.59. The van der Waals surface area contributed by atoms with E-state index in [1.807, 2.05) is 0 Å². The number of aromatic hydroxyl groups is 1. The second-order valence-electron chi connectivity index (χ2n) is 6.57. The summed E-state index contributed by atoms with van der Waals surface area (Å²) >= 11 is 0. The molecule has 0 saturated carbocycles. The van der Waals surface area contributed by atoms with Gasteiger partial charge in [0.15, 0.2) is 5.75 Å². The predicted molar refractivity (Wildman–Crippen MR) is 113 cm³/mol. The van der Waals surface area contributed by atoms with Crippen molar-refractivity contribution in [3.63, 3.8) is 0 Å². The standard InChI is InChI=1S/C24H19FN2O4/c1-29-17-6-8-18(9-7-17)31-23-13-26-15-27-24(23)20-11-10-19(12-22(20)28)30-14-16-4-2-3-5-21(16)25/h2-13,15,28H,14H2,1H3. The summed E-state index contributed by atoms with van der Waals surface area (Å²) in [5, 5.41) is 10.6. The zero-order valence-electron chi connectivity index (χ0n) is 16.7. The first-order valence-electron chi connectivity index (χ1n) is 9.45. The maximum atomic E-state index is 13.8. The average molecular weight is 418 g/mol. The molecular formula is C24H19FN2O4. The van der Waals surface area contributed by atoms with Crippen LogP contribution in [0.5, 0.6) is 28.7 Å². The summed E-state index contributed by atoms with van der Waals surface area (Å²) in [5.41, 5.74) is 1.30. The van der Waals surface area contributed by atoms with Gasteiger partial charge < -0.3 is 19.3 Å². The molecule has 0 aliphatic rings. The fourth-order valence-electron chi connectivity index (χ4n) is 2.94. The lowest BCUT2D eigenvalue weighted by atomic mass is 10.1. The molecule has 0 spiro atoms. The van der Waals surface area contributed by atoms with Gasteiger partial charge in [0, 0.05) is 17.2 Å². The first kappa shape index (κ1) is 20.2. The Kier molecular flexibility index (Phi) is 5.93. The van der Waals surface area contributed by atoms with Crippen LogP contribution in [0.25, 0.3) is 11.3 Å². The molecule has 0 saturated heterocycles. The van der Waals surface area contributed by atoms with Gasteiger partial charge in [0.25, 0.3) is 0 Å². The summed E-state index contributed by atoms with van der Waals surface area (Å²) in [6, 6.07) is 18.2. The van der Waals surface area contributed by atoms with E-state index in [-0.39, 0.29) is 18.2 Å². The van der Waals surface area contributed by atoms with Crippen molar-refractivity contribution in [3.05, 3.63) is 90.6 Å². The molecule has 4 rings (SSSR count). The van der Waals surface area contributed by atoms with Crippen molar-refractivity contribution in [1.29, 1.82) is 0 Å². The lowest BCUT2D eigenvalue weighted by Gasteiger charge is -2.13. The zero-order chi connectivity index (χ0) is 21.6. The molecule has 1 heterocycles. The highest BCUT2D eigenvalue weighted by molar-refractivity contribution is 5.72. The lowest BCUT2D eigenvalue weighted by molar-refractivity contribution is 0.298. The molecule has 0 bridgehead atoms. The number of aromatic nitrogens is 2. The number of hydrogen-bond donors (Lipinski definition) is 1. The molecule has 0 radical (unpaired) electrons. The first-order valence-corrected chi connectivity index (χ1v) is 9.45. The third kappa shape index (κ3) is 4.72. The SMILES string of the molecule is COc1ccc(Oc2cncnc2-c2ccc(OCc3ccccc3F)cc2O)cc1. The van der Waals surface area contributed by atoms with E-state index >= 15 is 0 Å². The van der Waals surface area contributed by atoms with Crippen molar-refractivity contribution in [3.8, 4) is 40.0 Å². The Hall–Kier alpha value is -4.13. The van der Waals surface area contributed by atoms with Crippen LogP contribution in [0.2, 0.25) is 0 Å². The predicted octanol–water partition coefficient (Wildman–Crippen LogP) is 5.37. The van der Waals surface area contributed by atoms with Gasteiger partial charge in [-0.3, -0.25) is 0 Å². The highest BCUT2D eigenvalue weighted by atomic mass is 19.1. The number of halogens is 1. The number of methoxy groups -OCH3 is 1. The van der Waals surface area contributed by atoms with Crippen LogP contribution in [-0.4, -0.2) is 22.2 Å². The van der Waals surface area contributed by atoms with E-state index in [2.05, 4.69) is 9.97 Å². The van der Waals surface area contributed by atoms with E-state index in [0.29, 0.717) is 39.8 Å². The van der Waals surface area contributed by atoms with E-state index in [0.717, 1.165) is 0 Å². The summed E-state index contributed by atoms with van der Waals surface area (Å²) in [6.45, 7) is 0.0464. The number of benzene rings is 3. The monoisotopic (exact) mass is 418 g/mol. The maximum absolute atomic E-state index is 13.8. The minimum absolute atomic E-state index is 0.0464. The van der Waals surface area contributed by atoms with Gasteiger partial charge in [-0.15, -0.1) is 0 Å². The van der Waals surface area contributed by atoms with Crippen molar-refractivity contribution in [1.82, 2.24) is 9.97 Å². The molecule has 0 atom stereocenters. The highest BCUT2D eigenvalue weighted by Gasteiger charge is 2.14. The minimum atomic E-state index is -0.343. The molecule has 6 nitrogen and oxygen atoms in total. The molecule has 31 heavy (non-hydrogen) atoms. The molecule has 0 fully saturated rings. The lowest BCUT2D eigenvalue weighted by Crippen LogP contribution is -1.98. The Labute approximate surface area is 178 Å². The summed E-state index contributed by atoms with van der Waals surface area (Å²) in [4.78, 5) is 8.28. The minimum Gasteiger partial charge on any atom is -0.507 e. The van der Waals surface area contributed by atoms with Gasteiger partial charge in [-0.25, -0.2) is 14.4 Å². The van der Waals surface area contributed by atoms with Crippen LogP contribution >= 0.6 is 0 Å². The topological polar surface area (TPSA) is 73.7 Å². The van der Waals surface area contributed by atoms with E-state index in [1.165, 1.54) is 24.7 Å². The van der Waals surface area contributed by atoms with Crippen molar-refractivity contribution in [2.24, 2.45) is 0 Å². The largest absolute Gasteiger partial charge is 0.507 e. The van der Waals surface area contributed by atoms with E-state index in [4.69, 9.17) is 14.2 Å². The summed E-state index contributed by atoms with van der Waals surface area (Å²) < 4.78 is 30.4. The van der Waals surface area contributed by atoms with Crippen molar-refractivity contribution < 1.29 is 23.7 Å². The Morgan fingerprint density at radius 3 is 2.42 bits per heavy atom. The summed E-state index contributed by atoms with van der Waals surface area (Å²) in [5.74, 6) is 1.66. The summed E-state index contributed by atoms with van der Waals surface area (Å²) in [6.07, 6.45) is 2.90. The van der Waals surface area contributed by atoms with E-state index < -0.39 is 0 Å². The Morgan fingerprint density at radius 2 is 1.68 bits per heavy atom. The van der Waals surface area contributed by atoms with Gasteiger partial charge in [0.2, 0.25) is 0 Å². The molecule has 4 aromatic rings. The second kappa shape index (κ2) is 9.13. The number of hydrogen-bond acceptors (Lipinski definition) is 6. The Bertz CT molecular complexity index is 1180. The van der Waals surface area contributed by atoms with Gasteiger partial charge in [-0.05, 0) is 42.5 Å². The Balaban J connectivity index is 1.55. The van der Waals surface area contributed by atoms with Crippen LogP contribution in [0.15, 0.2) is 79.3 Å². The fraction of sp³-hybridized carbons (Fsp3) is 0.0833. The van der Waals surface area contributed by atoms with E-state index in [1.54, 1.807) is 61.7 Å². The molecule has 156 valence electrons. The van der Waals surface area contributed by atoms with Crippen molar-refractivity contribution >= 4 is 0 Å². The van der Waals surface area contributed by atoms with Gasteiger partial charge >= 0.3 is 0 Å². The third-order valence-electron chi connectivity index (χ3n) is 4.54. The van der Waals surface area contributed by atoms with Crippen LogP contribution < -0.4 is 14.2 Å². The van der Waals surface area contributed by atoms with Gasteiger partial charge in [-0.1, -0.05) is 18.2 Å². The van der Waals surface area contributed by atoms with Gasteiger partial charge in [0.05, 0.1) is 13.3 Å². The molecule has 0 amide bonds. The quantitative estimate of drug-likeness (QED) is 0.435. The van der Waals surface area contributed by atoms with Crippen LogP contribution in [0, 0.1) is 5.82 Å². The van der Waals surface area contributed by atoms with Crippen LogP contribution in [-0.2, 0) is 6.61 Å². The second-order valence-corrected chi connectivity index (χ2v) is 6.57. The highest BCUT2D eigenvalue weighted by Crippen LogP contribution is 2.37. The number of rotatable bonds is 7. The fourth-order valence-corrected chi connectivity index (χ4v) is 2.94. The number of ether oxygens (including phenoxy) is 3. The molecule has 0 aliphatic carbocycles. The van der Waals surface area contributed by atoms with Gasteiger partial charge in [0.1, 0.15) is 47.4 Å². The van der Waals surface area contributed by atoms with E-state index in [9.17, 15) is 9.50 Å². The van der Waals surface area contributed by atoms with Crippen molar-refractivity contribution in [2.75, 3.05) is 7.11 Å². The Morgan fingerprint density at radius 1 is 0.935 bits per heavy atom. The molecule has 1 N–H and O–H groups in total. The number of phenolic OH excluding ortho intramolecular Hbond substituents is 1. The molecule has 0 aliphatic heterocycles. The molecular weight excluding hydrogens is 399 g/mol. The van der Waals surface area contributed by atoms with Crippen LogP contribution in [0.3, 0.4) is 0 Å². The molecule has 3 aromatic carbocycles. The van der Waals surface area contributed by atoms with Crippen molar-refractivity contribution in [2.45, 2.75) is 6.61 Å².